The Morgan fingerprint density at radius 1 is 1.19 bits per heavy atom. The Bertz CT molecular complexity index is 1230. The predicted molar refractivity (Wildman–Crippen MR) is 118 cm³/mol. The van der Waals surface area contributed by atoms with Crippen molar-refractivity contribution in [3.05, 3.63) is 29.3 Å². The maximum Gasteiger partial charge on any atom is 0.256 e. The quantitative estimate of drug-likeness (QED) is 0.662. The van der Waals surface area contributed by atoms with E-state index in [-0.39, 0.29) is 34.4 Å². The van der Waals surface area contributed by atoms with Crippen LogP contribution in [0.25, 0.3) is 11.3 Å². The van der Waals surface area contributed by atoms with Gasteiger partial charge in [0.15, 0.2) is 5.82 Å². The van der Waals surface area contributed by atoms with Gasteiger partial charge in [0.25, 0.3) is 5.91 Å². The smallest absolute Gasteiger partial charge is 0.256 e. The van der Waals surface area contributed by atoms with Crippen LogP contribution in [-0.4, -0.2) is 47.0 Å². The Kier molecular flexibility index (Phi) is 4.90. The van der Waals surface area contributed by atoms with Crippen LogP contribution in [-0.2, 0) is 28.4 Å². The number of nitrogens with zero attached hydrogens (tertiary/aromatic N) is 3. The van der Waals surface area contributed by atoms with Crippen molar-refractivity contribution in [2.75, 3.05) is 5.32 Å². The molecule has 1 aromatic carbocycles. The Hall–Kier alpha value is -2.72. The molecule has 1 atom stereocenters. The third-order valence-corrected chi connectivity index (χ3v) is 8.01. The minimum Gasteiger partial charge on any atom is -0.331 e. The average Bonchev–Trinajstić information content (AvgIpc) is 3.63. The van der Waals surface area contributed by atoms with Gasteiger partial charge < -0.3 is 10.2 Å². The molecule has 5 rings (SSSR count). The van der Waals surface area contributed by atoms with Crippen molar-refractivity contribution in [1.82, 2.24) is 19.4 Å². The van der Waals surface area contributed by atoms with Crippen LogP contribution in [0.15, 0.2) is 23.1 Å². The molecule has 2 aliphatic carbocycles. The van der Waals surface area contributed by atoms with Crippen LogP contribution in [0.2, 0.25) is 0 Å². The number of rotatable bonds is 7. The number of hydrogen-bond donors (Lipinski definition) is 2. The summed E-state index contributed by atoms with van der Waals surface area (Å²) < 4.78 is 30.9. The third kappa shape index (κ3) is 3.81. The second kappa shape index (κ2) is 7.41. The van der Waals surface area contributed by atoms with Crippen LogP contribution in [0.4, 0.5) is 5.82 Å². The van der Waals surface area contributed by atoms with Crippen molar-refractivity contribution in [2.45, 2.75) is 63.1 Å². The van der Waals surface area contributed by atoms with E-state index in [2.05, 4.69) is 15.1 Å². The summed E-state index contributed by atoms with van der Waals surface area (Å²) >= 11 is 0. The molecule has 2 amide bonds. The standard InChI is InChI=1S/C22H27N5O4S/c1-12(14-4-5-14)27-11-16-8-15(18-10-20(23-13(2)28)24-26(18)3)9-19(21(16)22(27)29)32(30,31)25-17-6-7-17/h8-10,12,14,17,25H,4-7,11H2,1-3H3,(H,23,24,28). The molecule has 9 nitrogen and oxygen atoms in total. The molecule has 32 heavy (non-hydrogen) atoms. The van der Waals surface area contributed by atoms with Gasteiger partial charge >= 0.3 is 0 Å². The van der Waals surface area contributed by atoms with Crippen LogP contribution in [0, 0.1) is 5.92 Å². The molecule has 10 heteroatoms. The van der Waals surface area contributed by atoms with E-state index in [1.807, 2.05) is 13.0 Å². The second-order valence-corrected chi connectivity index (χ2v) is 10.8. The molecule has 2 aromatic rings. The normalized spacial score (nSPS) is 19.2. The molecule has 0 bridgehead atoms. The molecule has 1 aliphatic heterocycles. The van der Waals surface area contributed by atoms with E-state index in [1.54, 1.807) is 28.8 Å². The van der Waals surface area contributed by atoms with E-state index in [1.165, 1.54) is 6.92 Å². The predicted octanol–water partition coefficient (Wildman–Crippen LogP) is 2.24. The van der Waals surface area contributed by atoms with Crippen molar-refractivity contribution in [1.29, 1.82) is 0 Å². The van der Waals surface area contributed by atoms with E-state index in [0.717, 1.165) is 25.7 Å². The van der Waals surface area contributed by atoms with E-state index in [0.29, 0.717) is 35.1 Å². The van der Waals surface area contributed by atoms with Crippen LogP contribution in [0.1, 0.15) is 55.5 Å². The number of carbonyl (C=O) groups is 2. The van der Waals surface area contributed by atoms with Gasteiger partial charge in [-0.05, 0) is 56.2 Å². The van der Waals surface area contributed by atoms with Crippen molar-refractivity contribution in [3.63, 3.8) is 0 Å². The van der Waals surface area contributed by atoms with Crippen LogP contribution in [0.5, 0.6) is 0 Å². The molecule has 0 spiro atoms. The van der Waals surface area contributed by atoms with Crippen LogP contribution < -0.4 is 10.0 Å². The summed E-state index contributed by atoms with van der Waals surface area (Å²) in [5, 5.41) is 6.95. The van der Waals surface area contributed by atoms with E-state index >= 15 is 0 Å². The molecule has 0 radical (unpaired) electrons. The lowest BCUT2D eigenvalue weighted by Crippen LogP contribution is -2.35. The number of anilines is 1. The summed E-state index contributed by atoms with van der Waals surface area (Å²) in [5.74, 6) is 0.410. The molecule has 3 aliphatic rings. The number of amides is 2. The van der Waals surface area contributed by atoms with Gasteiger partial charge in [0.05, 0.1) is 16.2 Å². The number of hydrogen-bond acceptors (Lipinski definition) is 5. The molecular weight excluding hydrogens is 430 g/mol. The van der Waals surface area contributed by atoms with Crippen molar-refractivity contribution >= 4 is 27.7 Å². The number of benzene rings is 1. The highest BCUT2D eigenvalue weighted by Crippen LogP contribution is 2.41. The monoisotopic (exact) mass is 457 g/mol. The van der Waals surface area contributed by atoms with Crippen LogP contribution >= 0.6 is 0 Å². The highest BCUT2D eigenvalue weighted by atomic mass is 32.2. The Labute approximate surface area is 187 Å². The number of aryl methyl sites for hydroxylation is 1. The number of fused-ring (bicyclic) bond motifs is 1. The Morgan fingerprint density at radius 3 is 2.53 bits per heavy atom. The highest BCUT2D eigenvalue weighted by molar-refractivity contribution is 7.89. The maximum atomic E-state index is 13.3. The number of aromatic nitrogens is 2. The summed E-state index contributed by atoms with van der Waals surface area (Å²) in [4.78, 5) is 26.6. The number of carbonyl (C=O) groups excluding carboxylic acids is 2. The molecule has 1 unspecified atom stereocenters. The van der Waals surface area contributed by atoms with Crippen molar-refractivity contribution in [2.24, 2.45) is 13.0 Å². The Balaban J connectivity index is 1.61. The fourth-order valence-electron chi connectivity index (χ4n) is 4.42. The zero-order valence-electron chi connectivity index (χ0n) is 18.4. The summed E-state index contributed by atoms with van der Waals surface area (Å²) in [6.07, 6.45) is 3.81. The number of nitrogens with one attached hydrogen (secondary N) is 2. The van der Waals surface area contributed by atoms with Gasteiger partial charge in [-0.1, -0.05) is 0 Å². The van der Waals surface area contributed by atoms with Gasteiger partial charge in [-0.15, -0.1) is 0 Å². The minimum absolute atomic E-state index is 0.0228. The molecule has 170 valence electrons. The van der Waals surface area contributed by atoms with Gasteiger partial charge in [0.2, 0.25) is 15.9 Å². The maximum absolute atomic E-state index is 13.3. The average molecular weight is 458 g/mol. The van der Waals surface area contributed by atoms with Crippen molar-refractivity contribution < 1.29 is 18.0 Å². The molecule has 1 aromatic heterocycles. The number of sulfonamides is 1. The van der Waals surface area contributed by atoms with Crippen molar-refractivity contribution in [3.8, 4) is 11.3 Å². The summed E-state index contributed by atoms with van der Waals surface area (Å²) in [6, 6.07) is 5.14. The topological polar surface area (TPSA) is 113 Å². The fraction of sp³-hybridized carbons (Fsp3) is 0.500. The summed E-state index contributed by atoms with van der Waals surface area (Å²) in [6.45, 7) is 3.83. The Morgan fingerprint density at radius 2 is 1.91 bits per heavy atom. The lowest BCUT2D eigenvalue weighted by molar-refractivity contribution is -0.114. The van der Waals surface area contributed by atoms with Gasteiger partial charge in [-0.25, -0.2) is 13.1 Å². The minimum atomic E-state index is -3.86. The highest BCUT2D eigenvalue weighted by Gasteiger charge is 2.42. The SMILES string of the molecule is CC(=O)Nc1cc(-c2cc3c(c(S(=O)(=O)NC4CC4)c2)C(=O)N(C(C)C2CC2)C3)n(C)n1. The molecule has 0 saturated heterocycles. The lowest BCUT2D eigenvalue weighted by Gasteiger charge is -2.24. The van der Waals surface area contributed by atoms with Gasteiger partial charge in [-0.3, -0.25) is 14.3 Å². The fourth-order valence-corrected chi connectivity index (χ4v) is 6.00. The first-order valence-electron chi connectivity index (χ1n) is 11.0. The third-order valence-electron chi connectivity index (χ3n) is 6.46. The first kappa shape index (κ1) is 21.1. The molecule has 2 N–H and O–H groups in total. The molecule has 2 fully saturated rings. The van der Waals surface area contributed by atoms with Gasteiger partial charge in [0.1, 0.15) is 0 Å². The largest absolute Gasteiger partial charge is 0.331 e. The zero-order valence-corrected chi connectivity index (χ0v) is 19.2. The van der Waals surface area contributed by atoms with E-state index < -0.39 is 10.0 Å². The van der Waals surface area contributed by atoms with Gasteiger partial charge in [-0.2, -0.15) is 5.10 Å². The molecule has 2 heterocycles. The molecular formula is C22H27N5O4S. The van der Waals surface area contributed by atoms with Gasteiger partial charge in [0, 0.05) is 44.2 Å². The summed E-state index contributed by atoms with van der Waals surface area (Å²) in [7, 11) is -2.13. The van der Waals surface area contributed by atoms with E-state index in [4.69, 9.17) is 0 Å². The zero-order chi connectivity index (χ0) is 22.8. The first-order chi connectivity index (χ1) is 15.1. The van der Waals surface area contributed by atoms with E-state index in [9.17, 15) is 18.0 Å². The summed E-state index contributed by atoms with van der Waals surface area (Å²) in [5.41, 5.74) is 2.28. The first-order valence-corrected chi connectivity index (χ1v) is 12.4. The lowest BCUT2D eigenvalue weighted by atomic mass is 10.0. The molecule has 2 saturated carbocycles. The second-order valence-electron chi connectivity index (χ2n) is 9.13. The van der Waals surface area contributed by atoms with Crippen LogP contribution in [0.3, 0.4) is 0 Å².